The molecule has 0 aliphatic heterocycles. The van der Waals surface area contributed by atoms with Crippen LogP contribution < -0.4 is 0 Å². The zero-order chi connectivity index (χ0) is 21.3. The number of fused-ring (bicyclic) bond motifs is 1. The van der Waals surface area contributed by atoms with E-state index in [9.17, 15) is 8.78 Å². The Labute approximate surface area is 176 Å². The molecule has 1 aliphatic rings. The maximum Gasteiger partial charge on any atom is 0.170 e. The Kier molecular flexibility index (Phi) is 5.99. The van der Waals surface area contributed by atoms with Gasteiger partial charge in [0.15, 0.2) is 11.6 Å². The molecule has 4 rings (SSSR count). The standard InChI is InChI=1S/C27H27F3/c1-3-5-17-6-8-19(9-7-17)20-10-12-21(13-11-20)23-15-14-22-16-18(4-2)25(28)27(30)24(22)26(23)29/h4,10-17,19H,2-3,5-9H2,1H3. The second-order valence-electron chi connectivity index (χ2n) is 8.45. The Morgan fingerprint density at radius 1 is 0.900 bits per heavy atom. The summed E-state index contributed by atoms with van der Waals surface area (Å²) >= 11 is 0. The van der Waals surface area contributed by atoms with Crippen LogP contribution in [-0.2, 0) is 0 Å². The van der Waals surface area contributed by atoms with Crippen LogP contribution in [0.2, 0.25) is 0 Å². The summed E-state index contributed by atoms with van der Waals surface area (Å²) < 4.78 is 43.9. The highest BCUT2D eigenvalue weighted by Gasteiger charge is 2.22. The predicted octanol–water partition coefficient (Wildman–Crippen LogP) is 8.64. The highest BCUT2D eigenvalue weighted by Crippen LogP contribution is 2.39. The quantitative estimate of drug-likeness (QED) is 0.396. The van der Waals surface area contributed by atoms with Gasteiger partial charge in [-0.2, -0.15) is 0 Å². The number of hydrogen-bond acceptors (Lipinski definition) is 0. The molecule has 1 saturated carbocycles. The molecule has 0 unspecified atom stereocenters. The van der Waals surface area contributed by atoms with Crippen molar-refractivity contribution in [2.45, 2.75) is 51.4 Å². The zero-order valence-corrected chi connectivity index (χ0v) is 17.4. The summed E-state index contributed by atoms with van der Waals surface area (Å²) in [7, 11) is 0. The molecule has 3 aromatic rings. The molecule has 0 saturated heterocycles. The normalized spacial score (nSPS) is 19.2. The van der Waals surface area contributed by atoms with Gasteiger partial charge in [0.2, 0.25) is 0 Å². The molecule has 1 fully saturated rings. The van der Waals surface area contributed by atoms with Crippen molar-refractivity contribution in [3.8, 4) is 11.1 Å². The summed E-state index contributed by atoms with van der Waals surface area (Å²) in [5.74, 6) is -1.55. The van der Waals surface area contributed by atoms with Crippen molar-refractivity contribution in [2.24, 2.45) is 5.92 Å². The van der Waals surface area contributed by atoms with E-state index in [1.54, 1.807) is 12.1 Å². The number of rotatable bonds is 5. The van der Waals surface area contributed by atoms with Crippen LogP contribution in [-0.4, -0.2) is 0 Å². The average Bonchev–Trinajstić information content (AvgIpc) is 2.77. The lowest BCUT2D eigenvalue weighted by Gasteiger charge is -2.28. The van der Waals surface area contributed by atoms with Crippen LogP contribution >= 0.6 is 0 Å². The molecular weight excluding hydrogens is 381 g/mol. The Hall–Kier alpha value is -2.55. The first-order chi connectivity index (χ1) is 14.5. The molecule has 0 atom stereocenters. The molecule has 0 heterocycles. The van der Waals surface area contributed by atoms with E-state index in [0.717, 1.165) is 5.92 Å². The fourth-order valence-corrected chi connectivity index (χ4v) is 4.90. The first kappa shape index (κ1) is 20.7. The van der Waals surface area contributed by atoms with Gasteiger partial charge >= 0.3 is 0 Å². The van der Waals surface area contributed by atoms with Crippen LogP contribution in [0, 0.1) is 23.4 Å². The minimum Gasteiger partial charge on any atom is -0.206 e. The number of halogens is 3. The fraction of sp³-hybridized carbons (Fsp3) is 0.333. The first-order valence-electron chi connectivity index (χ1n) is 10.9. The smallest absolute Gasteiger partial charge is 0.170 e. The van der Waals surface area contributed by atoms with Crippen LogP contribution in [0.15, 0.2) is 49.0 Å². The molecule has 0 aromatic heterocycles. The van der Waals surface area contributed by atoms with Gasteiger partial charge in [-0.15, -0.1) is 0 Å². The summed E-state index contributed by atoms with van der Waals surface area (Å²) in [6.45, 7) is 5.73. The van der Waals surface area contributed by atoms with Gasteiger partial charge in [-0.05, 0) is 60.1 Å². The third-order valence-corrected chi connectivity index (χ3v) is 6.61. The van der Waals surface area contributed by atoms with Crippen LogP contribution in [0.1, 0.15) is 62.5 Å². The highest BCUT2D eigenvalue weighted by atomic mass is 19.2. The van der Waals surface area contributed by atoms with Gasteiger partial charge in [-0.1, -0.05) is 68.8 Å². The maximum absolute atomic E-state index is 15.2. The Morgan fingerprint density at radius 2 is 1.60 bits per heavy atom. The molecule has 0 radical (unpaired) electrons. The van der Waals surface area contributed by atoms with Crippen molar-refractivity contribution in [3.05, 3.63) is 77.6 Å². The van der Waals surface area contributed by atoms with Gasteiger partial charge in [-0.3, -0.25) is 0 Å². The van der Waals surface area contributed by atoms with E-state index in [-0.39, 0.29) is 16.5 Å². The van der Waals surface area contributed by atoms with Crippen LogP contribution in [0.25, 0.3) is 28.0 Å². The largest absolute Gasteiger partial charge is 0.206 e. The third-order valence-electron chi connectivity index (χ3n) is 6.61. The van der Waals surface area contributed by atoms with E-state index in [2.05, 4.69) is 25.6 Å². The number of hydrogen-bond donors (Lipinski definition) is 0. The van der Waals surface area contributed by atoms with Crippen molar-refractivity contribution in [2.75, 3.05) is 0 Å². The molecule has 3 heteroatoms. The van der Waals surface area contributed by atoms with Gasteiger partial charge < -0.3 is 0 Å². The second kappa shape index (κ2) is 8.67. The predicted molar refractivity (Wildman–Crippen MR) is 119 cm³/mol. The summed E-state index contributed by atoms with van der Waals surface area (Å²) in [6, 6.07) is 12.6. The molecule has 0 amide bonds. The highest BCUT2D eigenvalue weighted by molar-refractivity contribution is 5.90. The Morgan fingerprint density at radius 3 is 2.23 bits per heavy atom. The van der Waals surface area contributed by atoms with Crippen molar-refractivity contribution in [1.82, 2.24) is 0 Å². The summed E-state index contributed by atoms with van der Waals surface area (Å²) in [5.41, 5.74) is 2.27. The lowest BCUT2D eigenvalue weighted by Crippen LogP contribution is -2.13. The van der Waals surface area contributed by atoms with Crippen LogP contribution in [0.5, 0.6) is 0 Å². The monoisotopic (exact) mass is 408 g/mol. The van der Waals surface area contributed by atoms with Gasteiger partial charge in [0.05, 0.1) is 5.39 Å². The van der Waals surface area contributed by atoms with E-state index in [1.807, 2.05) is 12.1 Å². The lowest BCUT2D eigenvalue weighted by molar-refractivity contribution is 0.308. The van der Waals surface area contributed by atoms with Crippen molar-refractivity contribution >= 4 is 16.8 Å². The topological polar surface area (TPSA) is 0 Å². The second-order valence-corrected chi connectivity index (χ2v) is 8.45. The van der Waals surface area contributed by atoms with Gasteiger partial charge in [-0.25, -0.2) is 13.2 Å². The average molecular weight is 409 g/mol. The van der Waals surface area contributed by atoms with E-state index in [4.69, 9.17) is 0 Å². The van der Waals surface area contributed by atoms with Crippen molar-refractivity contribution in [3.63, 3.8) is 0 Å². The minimum atomic E-state index is -1.16. The Balaban J connectivity index is 1.62. The molecule has 3 aromatic carbocycles. The summed E-state index contributed by atoms with van der Waals surface area (Å²) in [4.78, 5) is 0. The third kappa shape index (κ3) is 3.78. The van der Waals surface area contributed by atoms with Gasteiger partial charge in [0.1, 0.15) is 5.82 Å². The van der Waals surface area contributed by atoms with Crippen molar-refractivity contribution < 1.29 is 13.2 Å². The molecular formula is C27H27F3. The first-order valence-corrected chi connectivity index (χ1v) is 10.9. The van der Waals surface area contributed by atoms with E-state index < -0.39 is 17.5 Å². The van der Waals surface area contributed by atoms with E-state index in [0.29, 0.717) is 16.9 Å². The maximum atomic E-state index is 15.2. The summed E-state index contributed by atoms with van der Waals surface area (Å²) in [6.07, 6.45) is 8.75. The van der Waals surface area contributed by atoms with E-state index >= 15 is 4.39 Å². The Bertz CT molecular complexity index is 1060. The van der Waals surface area contributed by atoms with Crippen LogP contribution in [0.4, 0.5) is 13.2 Å². The van der Waals surface area contributed by atoms with Crippen molar-refractivity contribution in [1.29, 1.82) is 0 Å². The molecule has 156 valence electrons. The molecule has 0 nitrogen and oxygen atoms in total. The fourth-order valence-electron chi connectivity index (χ4n) is 4.90. The molecule has 1 aliphatic carbocycles. The SMILES string of the molecule is C=Cc1cc2ccc(-c3ccc(C4CCC(CCC)CC4)cc3)c(F)c2c(F)c1F. The van der Waals surface area contributed by atoms with Gasteiger partial charge in [0.25, 0.3) is 0 Å². The minimum absolute atomic E-state index is 0.0326. The van der Waals surface area contributed by atoms with Crippen LogP contribution in [0.3, 0.4) is 0 Å². The zero-order valence-electron chi connectivity index (χ0n) is 17.4. The summed E-state index contributed by atoms with van der Waals surface area (Å²) in [5, 5.41) is 0.0134. The molecule has 0 bridgehead atoms. The lowest BCUT2D eigenvalue weighted by atomic mass is 9.77. The number of benzene rings is 3. The molecule has 0 N–H and O–H groups in total. The molecule has 30 heavy (non-hydrogen) atoms. The molecule has 0 spiro atoms. The van der Waals surface area contributed by atoms with E-state index in [1.165, 1.54) is 56.2 Å². The van der Waals surface area contributed by atoms with Gasteiger partial charge in [0, 0.05) is 11.1 Å².